The van der Waals surface area contributed by atoms with Crippen molar-refractivity contribution < 1.29 is 8.42 Å². The number of rotatable bonds is 7. The Morgan fingerprint density at radius 1 is 1.10 bits per heavy atom. The zero-order valence-electron chi connectivity index (χ0n) is 13.2. The Balaban J connectivity index is 2.99. The molecule has 0 saturated carbocycles. The van der Waals surface area contributed by atoms with Gasteiger partial charge in [-0.05, 0) is 37.4 Å². The molecule has 3 nitrogen and oxygen atoms in total. The van der Waals surface area contributed by atoms with Crippen LogP contribution in [-0.4, -0.2) is 26.5 Å². The zero-order chi connectivity index (χ0) is 15.3. The van der Waals surface area contributed by atoms with E-state index in [0.29, 0.717) is 0 Å². The first-order valence-corrected chi connectivity index (χ1v) is 9.01. The molecule has 0 aliphatic heterocycles. The van der Waals surface area contributed by atoms with Crippen molar-refractivity contribution in [1.29, 1.82) is 0 Å². The first kappa shape index (κ1) is 17.2. The molecule has 0 fully saturated rings. The van der Waals surface area contributed by atoms with Gasteiger partial charge in [-0.25, -0.2) is 8.42 Å². The third-order valence-electron chi connectivity index (χ3n) is 3.66. The first-order chi connectivity index (χ1) is 9.31. The lowest BCUT2D eigenvalue weighted by Gasteiger charge is -2.25. The summed E-state index contributed by atoms with van der Waals surface area (Å²) in [6, 6.07) is 8.04. The molecule has 4 heteroatoms. The van der Waals surface area contributed by atoms with Crippen molar-refractivity contribution in [3.8, 4) is 0 Å². The molecule has 114 valence electrons. The molecule has 0 amide bonds. The summed E-state index contributed by atoms with van der Waals surface area (Å²) < 4.78 is 24.8. The van der Waals surface area contributed by atoms with E-state index in [0.717, 1.165) is 12.0 Å². The summed E-state index contributed by atoms with van der Waals surface area (Å²) >= 11 is 0. The maximum Gasteiger partial charge on any atom is 0.155 e. The van der Waals surface area contributed by atoms with Gasteiger partial charge >= 0.3 is 0 Å². The number of hydrogen-bond donors (Lipinski definition) is 1. The van der Waals surface area contributed by atoms with Gasteiger partial charge in [-0.3, -0.25) is 0 Å². The highest BCUT2D eigenvalue weighted by Crippen LogP contribution is 2.24. The summed E-state index contributed by atoms with van der Waals surface area (Å²) in [7, 11) is -1.28. The van der Waals surface area contributed by atoms with E-state index in [1.54, 1.807) is 6.92 Å². The van der Waals surface area contributed by atoms with Crippen molar-refractivity contribution in [3.63, 3.8) is 0 Å². The summed E-state index contributed by atoms with van der Waals surface area (Å²) in [6.45, 7) is 7.79. The van der Waals surface area contributed by atoms with E-state index in [-0.39, 0.29) is 17.7 Å². The maximum absolute atomic E-state index is 12.4. The second-order valence-electron chi connectivity index (χ2n) is 5.79. The van der Waals surface area contributed by atoms with Crippen molar-refractivity contribution in [2.45, 2.75) is 45.4 Å². The molecule has 2 unspecified atom stereocenters. The van der Waals surface area contributed by atoms with Crippen molar-refractivity contribution in [2.24, 2.45) is 5.92 Å². The predicted octanol–water partition coefficient (Wildman–Crippen LogP) is 2.97. The van der Waals surface area contributed by atoms with Gasteiger partial charge < -0.3 is 5.32 Å². The van der Waals surface area contributed by atoms with E-state index >= 15 is 0 Å². The third-order valence-corrected chi connectivity index (χ3v) is 6.20. The number of nitrogens with one attached hydrogen (secondary N) is 1. The van der Waals surface area contributed by atoms with Crippen LogP contribution in [0, 0.1) is 5.92 Å². The van der Waals surface area contributed by atoms with Gasteiger partial charge in [0.05, 0.1) is 11.0 Å². The molecule has 0 bridgehead atoms. The summed E-state index contributed by atoms with van der Waals surface area (Å²) in [5.74, 6) is 0.391. The Kier molecular flexibility index (Phi) is 6.21. The van der Waals surface area contributed by atoms with Crippen molar-refractivity contribution in [1.82, 2.24) is 5.32 Å². The van der Waals surface area contributed by atoms with Crippen LogP contribution in [0.15, 0.2) is 24.3 Å². The Bertz CT molecular complexity index is 506. The lowest BCUT2D eigenvalue weighted by molar-refractivity contribution is 0.523. The van der Waals surface area contributed by atoms with Crippen LogP contribution in [0.2, 0.25) is 0 Å². The molecule has 1 N–H and O–H groups in total. The molecule has 1 aromatic carbocycles. The van der Waals surface area contributed by atoms with E-state index in [4.69, 9.17) is 0 Å². The topological polar surface area (TPSA) is 46.2 Å². The standard InChI is InChI=1S/C16H27NO2S/c1-6-14-7-9-15(10-8-14)16(17-5)13(4)20(18,19)11-12(2)3/h7-10,12-13,16-17H,6,11H2,1-5H3. The fourth-order valence-electron chi connectivity index (χ4n) is 2.46. The Morgan fingerprint density at radius 3 is 2.05 bits per heavy atom. The van der Waals surface area contributed by atoms with Crippen LogP contribution in [-0.2, 0) is 16.3 Å². The zero-order valence-corrected chi connectivity index (χ0v) is 14.0. The Hall–Kier alpha value is -0.870. The van der Waals surface area contributed by atoms with Crippen molar-refractivity contribution in [3.05, 3.63) is 35.4 Å². The van der Waals surface area contributed by atoms with E-state index in [2.05, 4.69) is 24.4 Å². The summed E-state index contributed by atoms with van der Waals surface area (Å²) in [5.41, 5.74) is 2.30. The quantitative estimate of drug-likeness (QED) is 0.841. The number of aryl methyl sites for hydroxylation is 1. The summed E-state index contributed by atoms with van der Waals surface area (Å²) in [6.07, 6.45) is 0.992. The smallest absolute Gasteiger partial charge is 0.155 e. The fourth-order valence-corrected chi connectivity index (χ4v) is 4.40. The van der Waals surface area contributed by atoms with Gasteiger partial charge in [-0.1, -0.05) is 45.0 Å². The number of sulfone groups is 1. The number of benzene rings is 1. The Labute approximate surface area is 123 Å². The molecule has 0 radical (unpaired) electrons. The molecule has 1 rings (SSSR count). The van der Waals surface area contributed by atoms with Crippen molar-refractivity contribution >= 4 is 9.84 Å². The van der Waals surface area contributed by atoms with Crippen LogP contribution in [0.3, 0.4) is 0 Å². The average Bonchev–Trinajstić information content (AvgIpc) is 2.38. The molecule has 2 atom stereocenters. The van der Waals surface area contributed by atoms with Crippen molar-refractivity contribution in [2.75, 3.05) is 12.8 Å². The normalized spacial score (nSPS) is 15.3. The molecule has 0 aromatic heterocycles. The van der Waals surface area contributed by atoms with Gasteiger partial charge in [0, 0.05) is 6.04 Å². The second-order valence-corrected chi connectivity index (χ2v) is 8.19. The maximum atomic E-state index is 12.4. The number of hydrogen-bond acceptors (Lipinski definition) is 3. The average molecular weight is 297 g/mol. The van der Waals surface area contributed by atoms with Gasteiger partial charge in [-0.2, -0.15) is 0 Å². The van der Waals surface area contributed by atoms with Gasteiger partial charge in [0.2, 0.25) is 0 Å². The molecule has 0 heterocycles. The van der Waals surface area contributed by atoms with E-state index in [1.807, 2.05) is 33.0 Å². The van der Waals surface area contributed by atoms with E-state index < -0.39 is 15.1 Å². The lowest BCUT2D eigenvalue weighted by Crippen LogP contribution is -2.35. The summed E-state index contributed by atoms with van der Waals surface area (Å²) in [4.78, 5) is 0. The molecule has 0 aliphatic rings. The largest absolute Gasteiger partial charge is 0.312 e. The molecule has 1 aromatic rings. The molecule has 0 spiro atoms. The van der Waals surface area contributed by atoms with E-state index in [1.165, 1.54) is 5.56 Å². The minimum atomic E-state index is -3.10. The Morgan fingerprint density at radius 2 is 1.65 bits per heavy atom. The molecule has 0 aliphatic carbocycles. The molecular weight excluding hydrogens is 270 g/mol. The van der Waals surface area contributed by atoms with Gasteiger partial charge in [0.1, 0.15) is 0 Å². The van der Waals surface area contributed by atoms with Gasteiger partial charge in [0.15, 0.2) is 9.84 Å². The van der Waals surface area contributed by atoms with Crippen LogP contribution in [0.4, 0.5) is 0 Å². The lowest BCUT2D eigenvalue weighted by atomic mass is 10.0. The van der Waals surface area contributed by atoms with Gasteiger partial charge in [-0.15, -0.1) is 0 Å². The molecular formula is C16H27NO2S. The van der Waals surface area contributed by atoms with Crippen LogP contribution in [0.5, 0.6) is 0 Å². The fraction of sp³-hybridized carbons (Fsp3) is 0.625. The monoisotopic (exact) mass is 297 g/mol. The van der Waals surface area contributed by atoms with Crippen LogP contribution < -0.4 is 5.32 Å². The summed E-state index contributed by atoms with van der Waals surface area (Å²) in [5, 5.41) is 2.73. The minimum absolute atomic E-state index is 0.155. The molecule has 20 heavy (non-hydrogen) atoms. The SMILES string of the molecule is CCc1ccc(C(NC)C(C)S(=O)(=O)CC(C)C)cc1. The van der Waals surface area contributed by atoms with E-state index in [9.17, 15) is 8.42 Å². The predicted molar refractivity (Wildman–Crippen MR) is 85.7 cm³/mol. The highest BCUT2D eigenvalue weighted by atomic mass is 32.2. The highest BCUT2D eigenvalue weighted by Gasteiger charge is 2.30. The second kappa shape index (κ2) is 7.23. The molecule has 0 saturated heterocycles. The third kappa shape index (κ3) is 4.32. The van der Waals surface area contributed by atoms with Crippen LogP contribution >= 0.6 is 0 Å². The minimum Gasteiger partial charge on any atom is -0.312 e. The van der Waals surface area contributed by atoms with Crippen LogP contribution in [0.25, 0.3) is 0 Å². The highest BCUT2D eigenvalue weighted by molar-refractivity contribution is 7.92. The first-order valence-electron chi connectivity index (χ1n) is 7.29. The van der Waals surface area contributed by atoms with Gasteiger partial charge in [0.25, 0.3) is 0 Å². The van der Waals surface area contributed by atoms with Crippen LogP contribution in [0.1, 0.15) is 44.9 Å².